The Bertz CT molecular complexity index is 1250. The third-order valence-electron chi connectivity index (χ3n) is 6.92. The summed E-state index contributed by atoms with van der Waals surface area (Å²) in [6.07, 6.45) is 3.84. The molecule has 1 aromatic carbocycles. The molecule has 174 valence electrons. The molecule has 2 aromatic heterocycles. The van der Waals surface area contributed by atoms with E-state index in [-0.39, 0.29) is 18.5 Å². The molecule has 4 heterocycles. The van der Waals surface area contributed by atoms with Gasteiger partial charge < -0.3 is 19.5 Å². The number of carbonyl (C=O) groups is 1. The van der Waals surface area contributed by atoms with Crippen molar-refractivity contribution >= 4 is 24.2 Å². The van der Waals surface area contributed by atoms with Crippen LogP contribution in [-0.2, 0) is 16.8 Å². The number of rotatable bonds is 5. The zero-order valence-corrected chi connectivity index (χ0v) is 18.8. The molecule has 3 fully saturated rings. The van der Waals surface area contributed by atoms with Crippen molar-refractivity contribution in [1.82, 2.24) is 25.1 Å². The van der Waals surface area contributed by atoms with Gasteiger partial charge in [0.05, 0.1) is 30.6 Å². The Kier molecular flexibility index (Phi) is 5.46. The van der Waals surface area contributed by atoms with Crippen LogP contribution >= 0.6 is 12.4 Å². The van der Waals surface area contributed by atoms with Crippen LogP contribution in [0.4, 0.5) is 14.9 Å². The number of carbonyl (C=O) groups excluding carboxylic acids is 1. The maximum atomic E-state index is 15.0. The molecular weight excluding hydrogens is 461 g/mol. The van der Waals surface area contributed by atoms with E-state index in [0.29, 0.717) is 41.7 Å². The van der Waals surface area contributed by atoms with Crippen LogP contribution in [0.2, 0.25) is 0 Å². The van der Waals surface area contributed by atoms with Crippen molar-refractivity contribution in [2.24, 2.45) is 11.8 Å². The van der Waals surface area contributed by atoms with E-state index in [1.807, 2.05) is 12.1 Å². The van der Waals surface area contributed by atoms with Gasteiger partial charge in [-0.2, -0.15) is 0 Å². The van der Waals surface area contributed by atoms with Crippen molar-refractivity contribution < 1.29 is 13.9 Å². The van der Waals surface area contributed by atoms with Crippen LogP contribution in [0.15, 0.2) is 49.2 Å². The zero-order valence-electron chi connectivity index (χ0n) is 18.0. The Labute approximate surface area is 201 Å². The second-order valence-corrected chi connectivity index (χ2v) is 8.68. The van der Waals surface area contributed by atoms with Crippen LogP contribution in [0.1, 0.15) is 5.69 Å². The number of hydrogen-bond acceptors (Lipinski definition) is 6. The van der Waals surface area contributed by atoms with Gasteiger partial charge in [-0.1, -0.05) is 6.07 Å². The molecule has 1 aliphatic carbocycles. The first-order chi connectivity index (χ1) is 16.1. The van der Waals surface area contributed by atoms with Gasteiger partial charge in [0, 0.05) is 30.4 Å². The largest absolute Gasteiger partial charge is 0.442 e. The van der Waals surface area contributed by atoms with Crippen molar-refractivity contribution in [3.63, 3.8) is 0 Å². The summed E-state index contributed by atoms with van der Waals surface area (Å²) in [5.41, 5.74) is 1.67. The van der Waals surface area contributed by atoms with Crippen molar-refractivity contribution in [3.05, 3.63) is 72.1 Å². The van der Waals surface area contributed by atoms with Gasteiger partial charge in [0.2, 0.25) is 0 Å². The number of anilines is 1. The number of fused-ring (bicyclic) bond motifs is 1. The Balaban J connectivity index is 0.00000241. The minimum absolute atomic E-state index is 0. The van der Waals surface area contributed by atoms with E-state index >= 15 is 4.39 Å². The third-order valence-corrected chi connectivity index (χ3v) is 6.92. The van der Waals surface area contributed by atoms with E-state index in [0.717, 1.165) is 18.8 Å². The Hall–Kier alpha value is -3.55. The summed E-state index contributed by atoms with van der Waals surface area (Å²) in [4.78, 5) is 22.2. The van der Waals surface area contributed by atoms with Crippen molar-refractivity contribution in [2.75, 3.05) is 24.5 Å². The van der Waals surface area contributed by atoms with Gasteiger partial charge in [-0.3, -0.25) is 9.88 Å². The number of piperidine rings is 1. The standard InChI is InChI=1S/C23H20FN7O2.ClH/c1-25-23(18-8-26-9-19(18)23)21-5-2-14(7-27-21)17-4-3-15(6-20(17)24)31-11-16(33-22(31)32)10-30-12-28-29-13-30;/h2-7,12-13,16,18-19,26H,8-11H2;1H/t16-,18-,19+,23?;/m0./s1. The van der Waals surface area contributed by atoms with E-state index in [1.165, 1.54) is 11.0 Å². The fourth-order valence-corrected chi connectivity index (χ4v) is 5.19. The molecule has 3 aromatic rings. The smallest absolute Gasteiger partial charge is 0.414 e. The minimum atomic E-state index is -0.536. The normalized spacial score (nSPS) is 27.0. The van der Waals surface area contributed by atoms with Gasteiger partial charge in [-0.25, -0.2) is 15.8 Å². The number of halogens is 2. The van der Waals surface area contributed by atoms with Crippen molar-refractivity contribution in [2.45, 2.75) is 18.2 Å². The van der Waals surface area contributed by atoms with Crippen molar-refractivity contribution in [1.29, 1.82) is 0 Å². The fraction of sp³-hybridized carbons (Fsp3) is 0.348. The van der Waals surface area contributed by atoms with Crippen LogP contribution in [0.3, 0.4) is 0 Å². The third kappa shape index (κ3) is 3.40. The Morgan fingerprint density at radius 1 is 1.21 bits per heavy atom. The van der Waals surface area contributed by atoms with E-state index in [1.54, 1.807) is 35.6 Å². The second kappa shape index (κ2) is 8.34. The highest BCUT2D eigenvalue weighted by Crippen LogP contribution is 2.62. The fourth-order valence-electron chi connectivity index (χ4n) is 5.19. The molecule has 6 rings (SSSR count). The number of nitrogens with zero attached hydrogens (tertiary/aromatic N) is 6. The topological polar surface area (TPSA) is 89.5 Å². The molecule has 11 heteroatoms. The van der Waals surface area contributed by atoms with Gasteiger partial charge in [0.1, 0.15) is 30.3 Å². The lowest BCUT2D eigenvalue weighted by Gasteiger charge is -2.15. The molecule has 1 unspecified atom stereocenters. The maximum Gasteiger partial charge on any atom is 0.414 e. The molecule has 4 atom stereocenters. The van der Waals surface area contributed by atoms with E-state index in [9.17, 15) is 4.79 Å². The molecule has 3 aliphatic rings. The first kappa shape index (κ1) is 22.3. The van der Waals surface area contributed by atoms with E-state index < -0.39 is 17.4 Å². The minimum Gasteiger partial charge on any atom is -0.442 e. The number of pyridine rings is 1. The number of cyclic esters (lactones) is 1. The molecule has 2 saturated heterocycles. The lowest BCUT2D eigenvalue weighted by Crippen LogP contribution is -2.25. The summed E-state index contributed by atoms with van der Waals surface area (Å²) >= 11 is 0. The van der Waals surface area contributed by atoms with Gasteiger partial charge in [0.25, 0.3) is 5.54 Å². The molecule has 34 heavy (non-hydrogen) atoms. The summed E-state index contributed by atoms with van der Waals surface area (Å²) in [5, 5.41) is 10.8. The first-order valence-electron chi connectivity index (χ1n) is 10.8. The van der Waals surface area contributed by atoms with Crippen LogP contribution in [0.5, 0.6) is 0 Å². The number of amides is 1. The van der Waals surface area contributed by atoms with Crippen molar-refractivity contribution in [3.8, 4) is 11.1 Å². The average molecular weight is 482 g/mol. The highest BCUT2D eigenvalue weighted by molar-refractivity contribution is 5.90. The van der Waals surface area contributed by atoms with Gasteiger partial charge in [-0.15, -0.1) is 22.6 Å². The SMILES string of the molecule is Cl.[C-]#[N+]C1(c2ccc(-c3ccc(N4C[C@H](Cn5cnnc5)OC4=O)cc3F)cn2)[C@@H]2CNC[C@@H]21. The molecule has 0 spiro atoms. The molecule has 0 bridgehead atoms. The molecule has 9 nitrogen and oxygen atoms in total. The number of nitrogens with one attached hydrogen (secondary N) is 1. The van der Waals surface area contributed by atoms with E-state index in [4.69, 9.17) is 11.3 Å². The van der Waals surface area contributed by atoms with E-state index in [2.05, 4.69) is 25.3 Å². The van der Waals surface area contributed by atoms with Gasteiger partial charge in [0.15, 0.2) is 0 Å². The molecule has 1 amide bonds. The van der Waals surface area contributed by atoms with Crippen LogP contribution in [-0.4, -0.2) is 51.6 Å². The number of aromatic nitrogens is 4. The monoisotopic (exact) mass is 481 g/mol. The predicted molar refractivity (Wildman–Crippen MR) is 123 cm³/mol. The molecule has 1 saturated carbocycles. The molecule has 0 radical (unpaired) electrons. The van der Waals surface area contributed by atoms with Gasteiger partial charge in [-0.05, 0) is 24.3 Å². The summed E-state index contributed by atoms with van der Waals surface area (Å²) < 4.78 is 22.2. The molecule has 2 aliphatic heterocycles. The number of benzene rings is 1. The number of hydrogen-bond donors (Lipinski definition) is 1. The lowest BCUT2D eigenvalue weighted by molar-refractivity contribution is 0.131. The quantitative estimate of drug-likeness (QED) is 0.564. The summed E-state index contributed by atoms with van der Waals surface area (Å²) in [6.45, 7) is 10.1. The molecular formula is C23H21ClFN7O2. The second-order valence-electron chi connectivity index (χ2n) is 8.68. The summed E-state index contributed by atoms with van der Waals surface area (Å²) in [7, 11) is 0. The van der Waals surface area contributed by atoms with Crippen LogP contribution in [0.25, 0.3) is 16.0 Å². The summed E-state index contributed by atoms with van der Waals surface area (Å²) in [5.74, 6) is 0.154. The summed E-state index contributed by atoms with van der Waals surface area (Å²) in [6, 6.07) is 8.33. The highest BCUT2D eigenvalue weighted by atomic mass is 35.5. The predicted octanol–water partition coefficient (Wildman–Crippen LogP) is 2.89. The highest BCUT2D eigenvalue weighted by Gasteiger charge is 2.76. The first-order valence-corrected chi connectivity index (χ1v) is 10.8. The lowest BCUT2D eigenvalue weighted by atomic mass is 10.0. The average Bonchev–Trinajstić information content (AvgIpc) is 3.35. The van der Waals surface area contributed by atoms with Gasteiger partial charge >= 0.3 is 6.09 Å². The Morgan fingerprint density at radius 2 is 1.97 bits per heavy atom. The Morgan fingerprint density at radius 3 is 2.62 bits per heavy atom. The number of ether oxygens (including phenoxy) is 1. The van der Waals surface area contributed by atoms with Crippen LogP contribution in [0, 0.1) is 24.2 Å². The molecule has 1 N–H and O–H groups in total. The zero-order chi connectivity index (χ0) is 22.6. The maximum absolute atomic E-state index is 15.0. The van der Waals surface area contributed by atoms with Crippen LogP contribution < -0.4 is 10.2 Å².